The first kappa shape index (κ1) is 52.5. The number of fused-ring (bicyclic) bond motifs is 1. The highest BCUT2D eigenvalue weighted by atomic mass is 32.2. The summed E-state index contributed by atoms with van der Waals surface area (Å²) in [5.41, 5.74) is 0.631. The fourth-order valence-corrected chi connectivity index (χ4v) is 10.4. The SMILES string of the molecule is CCC(C(=O)N1CCN(Cc2ccccc2-c2cnc3c(c2)c(C(=O)c2c(F)ccc(NS(=O)(=O)N(C)CC)c2F)cn3OC(=O)C(F)(F)F)CC1)N1CCC(c2ccc(NC3CCC(=O)NC3=O)cc2)CC1. The third-order valence-corrected chi connectivity index (χ3v) is 15.2. The second-order valence-corrected chi connectivity index (χ2v) is 20.0. The number of amides is 3. The first-order valence-corrected chi connectivity index (χ1v) is 25.3. The molecular weight excluding hydrogens is 982 g/mol. The molecule has 3 saturated heterocycles. The average molecular weight is 1040 g/mol. The van der Waals surface area contributed by atoms with Crippen molar-refractivity contribution in [1.82, 2.24) is 34.0 Å². The van der Waals surface area contributed by atoms with Gasteiger partial charge in [-0.25, -0.2) is 18.6 Å². The number of rotatable bonds is 16. The minimum absolute atomic E-state index is 0.0199. The van der Waals surface area contributed by atoms with Gasteiger partial charge in [-0.3, -0.25) is 39.0 Å². The number of ketones is 1. The maximum Gasteiger partial charge on any atom is 0.493 e. The van der Waals surface area contributed by atoms with Crippen molar-refractivity contribution in [2.45, 2.75) is 76.7 Å². The maximum atomic E-state index is 16.0. The van der Waals surface area contributed by atoms with Gasteiger partial charge in [0.25, 0.3) is 0 Å². The first-order chi connectivity index (χ1) is 34.8. The predicted octanol–water partition coefficient (Wildman–Crippen LogP) is 5.86. The third-order valence-electron chi connectivity index (χ3n) is 13.7. The van der Waals surface area contributed by atoms with Crippen LogP contribution in [0.25, 0.3) is 22.2 Å². The van der Waals surface area contributed by atoms with E-state index in [1.807, 2.05) is 40.8 Å². The summed E-state index contributed by atoms with van der Waals surface area (Å²) < 4.78 is 100. The zero-order valence-electron chi connectivity index (χ0n) is 40.2. The van der Waals surface area contributed by atoms with E-state index >= 15 is 8.78 Å². The van der Waals surface area contributed by atoms with Crippen molar-refractivity contribution < 1.29 is 59.2 Å². The molecule has 2 aromatic heterocycles. The Balaban J connectivity index is 0.943. The Bertz CT molecular complexity index is 3030. The van der Waals surface area contributed by atoms with Gasteiger partial charge in [0.15, 0.2) is 11.5 Å². The van der Waals surface area contributed by atoms with Gasteiger partial charge in [-0.1, -0.05) is 50.2 Å². The topological polar surface area (TPSA) is 196 Å². The summed E-state index contributed by atoms with van der Waals surface area (Å²) in [6.07, 6.45) is -0.397. The minimum atomic E-state index is -5.47. The summed E-state index contributed by atoms with van der Waals surface area (Å²) in [6.45, 7) is 7.43. The molecule has 8 rings (SSSR count). The van der Waals surface area contributed by atoms with Crippen LogP contribution >= 0.6 is 0 Å². The van der Waals surface area contributed by atoms with Crippen molar-refractivity contribution in [3.8, 4) is 11.1 Å². The molecule has 3 aliphatic heterocycles. The molecule has 3 amide bonds. The largest absolute Gasteiger partial charge is 0.493 e. The minimum Gasteiger partial charge on any atom is -0.374 e. The van der Waals surface area contributed by atoms with Crippen LogP contribution in [0.5, 0.6) is 0 Å². The summed E-state index contributed by atoms with van der Waals surface area (Å²) in [7, 11) is -3.15. The van der Waals surface area contributed by atoms with E-state index in [0.29, 0.717) is 81.3 Å². The van der Waals surface area contributed by atoms with Crippen molar-refractivity contribution in [3.63, 3.8) is 0 Å². The number of anilines is 2. The third kappa shape index (κ3) is 11.5. The smallest absolute Gasteiger partial charge is 0.374 e. The molecule has 2 atom stereocenters. The van der Waals surface area contributed by atoms with E-state index in [1.165, 1.54) is 31.8 Å². The Labute approximate surface area is 417 Å². The lowest BCUT2D eigenvalue weighted by atomic mass is 9.88. The van der Waals surface area contributed by atoms with Gasteiger partial charge >= 0.3 is 22.4 Å². The summed E-state index contributed by atoms with van der Waals surface area (Å²) >= 11 is 0. The van der Waals surface area contributed by atoms with E-state index < -0.39 is 68.3 Å². The molecular formula is C50H54F5N9O8S. The number of pyridine rings is 1. The molecule has 73 heavy (non-hydrogen) atoms. The van der Waals surface area contributed by atoms with E-state index in [9.17, 15) is 45.6 Å². The van der Waals surface area contributed by atoms with Gasteiger partial charge in [-0.2, -0.15) is 30.6 Å². The van der Waals surface area contributed by atoms with E-state index in [0.717, 1.165) is 47.6 Å². The van der Waals surface area contributed by atoms with Gasteiger partial charge in [-0.15, -0.1) is 0 Å². The van der Waals surface area contributed by atoms with E-state index in [1.54, 1.807) is 12.1 Å². The van der Waals surface area contributed by atoms with Crippen LogP contribution in [0.15, 0.2) is 79.1 Å². The monoisotopic (exact) mass is 1040 g/mol. The Kier molecular flexibility index (Phi) is 15.6. The van der Waals surface area contributed by atoms with Crippen LogP contribution in [0, 0.1) is 11.6 Å². The van der Waals surface area contributed by atoms with E-state index in [4.69, 9.17) is 0 Å². The van der Waals surface area contributed by atoms with Crippen molar-refractivity contribution >= 4 is 62.1 Å². The number of hydrogen-bond acceptors (Lipinski definition) is 12. The van der Waals surface area contributed by atoms with Crippen molar-refractivity contribution in [1.29, 1.82) is 0 Å². The molecule has 0 aliphatic carbocycles. The molecule has 5 heterocycles. The molecule has 3 aromatic carbocycles. The number of imide groups is 1. The standard InChI is InChI=1S/C50H54F5N9O8S/c1-4-41(62-20-18-31(19-21-62)30-10-12-34(13-11-30)57-40-16-17-42(65)58-47(40)67)48(68)63-24-22-61(23-25-63)28-32-8-6-7-9-35(32)33-26-36-37(29-64(46(36)56-27-33)72-49(69)50(53,54)55)45(66)43-38(51)14-15-39(44(43)52)59-73(70,71)60(3)5-2/h6-15,26-27,29,31,40-41,57,59H,4-5,16-25,28H2,1-3H3,(H,58,65,67). The summed E-state index contributed by atoms with van der Waals surface area (Å²) in [6, 6.07) is 17.2. The predicted molar refractivity (Wildman–Crippen MR) is 259 cm³/mol. The second-order valence-electron chi connectivity index (χ2n) is 18.2. The number of nitrogens with zero attached hydrogens (tertiary/aromatic N) is 6. The van der Waals surface area contributed by atoms with Crippen LogP contribution in [0.1, 0.15) is 78.9 Å². The number of hydrogen-bond donors (Lipinski definition) is 3. The molecule has 3 aliphatic rings. The number of piperidine rings is 2. The number of piperazine rings is 1. The molecule has 388 valence electrons. The zero-order chi connectivity index (χ0) is 52.4. The maximum absolute atomic E-state index is 16.0. The van der Waals surface area contributed by atoms with Gasteiger partial charge in [0.2, 0.25) is 23.5 Å². The normalized spacial score (nSPS) is 17.9. The molecule has 0 radical (unpaired) electrons. The van der Waals surface area contributed by atoms with Crippen LogP contribution in [-0.4, -0.2) is 138 Å². The Morgan fingerprint density at radius 3 is 2.29 bits per heavy atom. The Morgan fingerprint density at radius 1 is 0.932 bits per heavy atom. The fraction of sp³-hybridized carbons (Fsp3) is 0.400. The first-order valence-electron chi connectivity index (χ1n) is 23.9. The molecule has 5 aromatic rings. The lowest BCUT2D eigenvalue weighted by Gasteiger charge is -2.41. The summed E-state index contributed by atoms with van der Waals surface area (Å²) in [5.74, 6) is -7.29. The number of carbonyl (C=O) groups excluding carboxylic acids is 5. The number of halogens is 5. The molecule has 23 heteroatoms. The van der Waals surface area contributed by atoms with Crippen LogP contribution in [0.4, 0.5) is 33.3 Å². The van der Waals surface area contributed by atoms with Gasteiger partial charge in [-0.05, 0) is 91.7 Å². The quantitative estimate of drug-likeness (QED) is 0.0607. The Morgan fingerprint density at radius 2 is 1.63 bits per heavy atom. The average Bonchev–Trinajstić information content (AvgIpc) is 3.73. The number of carbonyl (C=O) groups is 5. The zero-order valence-corrected chi connectivity index (χ0v) is 41.0. The van der Waals surface area contributed by atoms with Crippen LogP contribution in [-0.2, 0) is 35.9 Å². The molecule has 3 fully saturated rings. The summed E-state index contributed by atoms with van der Waals surface area (Å²) in [4.78, 5) is 79.0. The highest BCUT2D eigenvalue weighted by molar-refractivity contribution is 7.90. The number of aromatic nitrogens is 2. The highest BCUT2D eigenvalue weighted by Gasteiger charge is 2.43. The second kappa shape index (κ2) is 21.7. The van der Waals surface area contributed by atoms with Gasteiger partial charge < -0.3 is 15.1 Å². The number of alkyl halides is 3. The van der Waals surface area contributed by atoms with E-state index in [-0.39, 0.29) is 40.4 Å². The number of likely N-dealkylation sites (tertiary alicyclic amines) is 1. The lowest BCUT2D eigenvalue weighted by Crippen LogP contribution is -2.55. The number of benzene rings is 3. The van der Waals surface area contributed by atoms with Crippen LogP contribution < -0.4 is 20.2 Å². The molecule has 0 bridgehead atoms. The molecule has 0 saturated carbocycles. The van der Waals surface area contributed by atoms with Crippen LogP contribution in [0.2, 0.25) is 0 Å². The molecule has 0 spiro atoms. The van der Waals surface area contributed by atoms with Crippen molar-refractivity contribution in [3.05, 3.63) is 113 Å². The highest BCUT2D eigenvalue weighted by Crippen LogP contribution is 2.34. The van der Waals surface area contributed by atoms with Gasteiger partial charge in [0.05, 0.1) is 29.1 Å². The van der Waals surface area contributed by atoms with Gasteiger partial charge in [0, 0.05) is 75.6 Å². The molecule has 17 nitrogen and oxygen atoms in total. The molecule has 2 unspecified atom stereocenters. The van der Waals surface area contributed by atoms with Crippen molar-refractivity contribution in [2.24, 2.45) is 0 Å². The number of nitrogens with one attached hydrogen (secondary N) is 3. The van der Waals surface area contributed by atoms with Crippen LogP contribution in [0.3, 0.4) is 0 Å². The van der Waals surface area contributed by atoms with Crippen molar-refractivity contribution in [2.75, 3.05) is 62.9 Å². The fourth-order valence-electron chi connectivity index (χ4n) is 9.51. The Hall–Kier alpha value is -6.82. The van der Waals surface area contributed by atoms with Gasteiger partial charge in [0.1, 0.15) is 11.9 Å². The summed E-state index contributed by atoms with van der Waals surface area (Å²) in [5, 5.41) is 5.34. The van der Waals surface area contributed by atoms with E-state index in [2.05, 4.69) is 42.4 Å². The lowest BCUT2D eigenvalue weighted by molar-refractivity contribution is -0.199. The molecule has 3 N–H and O–H groups in total.